The molecule has 0 atom stereocenters. The van der Waals surface area contributed by atoms with Gasteiger partial charge in [-0.15, -0.1) is 5.10 Å². The summed E-state index contributed by atoms with van der Waals surface area (Å²) >= 11 is 0. The van der Waals surface area contributed by atoms with Gasteiger partial charge < -0.3 is 10.2 Å². The van der Waals surface area contributed by atoms with E-state index in [2.05, 4.69) is 10.3 Å². The molecule has 2 N–H and O–H groups in total. The maximum atomic E-state index is 10.8. The molecule has 2 aromatic rings. The van der Waals surface area contributed by atoms with Crippen molar-refractivity contribution in [3.05, 3.63) is 41.7 Å². The summed E-state index contributed by atoms with van der Waals surface area (Å²) in [4.78, 5) is 21.4. The number of benzene rings is 1. The molecule has 0 fully saturated rings. The van der Waals surface area contributed by atoms with Crippen LogP contribution in [-0.4, -0.2) is 37.1 Å². The molecule has 0 aliphatic heterocycles. The van der Waals surface area contributed by atoms with Crippen LogP contribution in [0.15, 0.2) is 30.5 Å². The van der Waals surface area contributed by atoms with Gasteiger partial charge in [0.15, 0.2) is 5.69 Å². The Morgan fingerprint density at radius 1 is 1.18 bits per heavy atom. The molecule has 1 aromatic carbocycles. The summed E-state index contributed by atoms with van der Waals surface area (Å²) in [6, 6.07) is 5.96. The maximum absolute atomic E-state index is 10.8. The molecule has 7 nitrogen and oxygen atoms in total. The molecule has 0 aliphatic carbocycles. The van der Waals surface area contributed by atoms with E-state index in [9.17, 15) is 9.59 Å². The Bertz CT molecular complexity index is 591. The van der Waals surface area contributed by atoms with E-state index >= 15 is 0 Å². The molecule has 0 aliphatic rings. The zero-order valence-corrected chi connectivity index (χ0v) is 8.44. The molecule has 7 heteroatoms. The molecular weight excluding hydrogens is 226 g/mol. The van der Waals surface area contributed by atoms with Crippen molar-refractivity contribution in [2.45, 2.75) is 0 Å². The summed E-state index contributed by atoms with van der Waals surface area (Å²) in [5, 5.41) is 24.5. The number of aromatic nitrogens is 3. The summed E-state index contributed by atoms with van der Waals surface area (Å²) in [6.45, 7) is 0. The first-order valence-electron chi connectivity index (χ1n) is 4.57. The lowest BCUT2D eigenvalue weighted by molar-refractivity contribution is 0.0682. The number of hydrogen-bond donors (Lipinski definition) is 2. The molecule has 0 saturated carbocycles. The third-order valence-electron chi connectivity index (χ3n) is 2.07. The van der Waals surface area contributed by atoms with Crippen LogP contribution >= 0.6 is 0 Å². The van der Waals surface area contributed by atoms with Gasteiger partial charge in [0.25, 0.3) is 0 Å². The highest BCUT2D eigenvalue weighted by molar-refractivity contribution is 5.88. The van der Waals surface area contributed by atoms with Crippen LogP contribution < -0.4 is 0 Å². The Balaban J connectivity index is 2.42. The Morgan fingerprint density at radius 2 is 1.94 bits per heavy atom. The fourth-order valence-corrected chi connectivity index (χ4v) is 1.27. The van der Waals surface area contributed by atoms with Crippen molar-refractivity contribution in [3.8, 4) is 5.69 Å². The first kappa shape index (κ1) is 10.8. The molecule has 2 rings (SSSR count). The van der Waals surface area contributed by atoms with Gasteiger partial charge >= 0.3 is 11.9 Å². The lowest BCUT2D eigenvalue weighted by Crippen LogP contribution is -2.00. The van der Waals surface area contributed by atoms with Crippen LogP contribution in [0.3, 0.4) is 0 Å². The van der Waals surface area contributed by atoms with Gasteiger partial charge in [-0.2, -0.15) is 0 Å². The third-order valence-corrected chi connectivity index (χ3v) is 2.07. The minimum atomic E-state index is -1.19. The standard InChI is InChI=1S/C10H7N3O4/c14-9(15)6-2-1-3-7(4-6)13-5-8(10(16)17)11-12-13/h1-5H,(H,14,15)(H,16,17). The lowest BCUT2D eigenvalue weighted by Gasteiger charge is -2.00. The van der Waals surface area contributed by atoms with Crippen molar-refractivity contribution in [1.82, 2.24) is 15.0 Å². The molecule has 0 saturated heterocycles. The molecule has 86 valence electrons. The van der Waals surface area contributed by atoms with Gasteiger partial charge in [-0.05, 0) is 18.2 Å². The van der Waals surface area contributed by atoms with Gasteiger partial charge in [0.05, 0.1) is 17.4 Å². The van der Waals surface area contributed by atoms with Crippen molar-refractivity contribution < 1.29 is 19.8 Å². The molecule has 0 spiro atoms. The number of carboxylic acids is 2. The Labute approximate surface area is 94.9 Å². The van der Waals surface area contributed by atoms with Crippen molar-refractivity contribution in [2.24, 2.45) is 0 Å². The maximum Gasteiger partial charge on any atom is 0.358 e. The Hall–Kier alpha value is -2.70. The predicted molar refractivity (Wildman–Crippen MR) is 55.3 cm³/mol. The molecular formula is C10H7N3O4. The molecule has 0 radical (unpaired) electrons. The van der Waals surface area contributed by atoms with E-state index in [0.29, 0.717) is 5.69 Å². The van der Waals surface area contributed by atoms with E-state index in [-0.39, 0.29) is 11.3 Å². The second-order valence-corrected chi connectivity index (χ2v) is 3.21. The minimum absolute atomic E-state index is 0.0925. The van der Waals surface area contributed by atoms with Gasteiger partial charge in [0, 0.05) is 0 Å². The first-order chi connectivity index (χ1) is 8.08. The lowest BCUT2D eigenvalue weighted by atomic mass is 10.2. The van der Waals surface area contributed by atoms with E-state index in [1.54, 1.807) is 12.1 Å². The summed E-state index contributed by atoms with van der Waals surface area (Å²) in [5.41, 5.74) is 0.325. The van der Waals surface area contributed by atoms with Crippen LogP contribution in [0, 0.1) is 0 Å². The number of aromatic carboxylic acids is 2. The Kier molecular flexibility index (Phi) is 2.57. The summed E-state index contributed by atoms with van der Waals surface area (Å²) in [6.07, 6.45) is 1.21. The van der Waals surface area contributed by atoms with Crippen LogP contribution in [0.25, 0.3) is 5.69 Å². The van der Waals surface area contributed by atoms with E-state index in [1.165, 1.54) is 23.0 Å². The molecule has 17 heavy (non-hydrogen) atoms. The van der Waals surface area contributed by atoms with Gasteiger partial charge in [0.1, 0.15) is 0 Å². The van der Waals surface area contributed by atoms with Gasteiger partial charge in [-0.1, -0.05) is 11.3 Å². The zero-order valence-electron chi connectivity index (χ0n) is 8.44. The normalized spacial score (nSPS) is 10.1. The number of hydrogen-bond acceptors (Lipinski definition) is 4. The molecule has 0 amide bonds. The zero-order chi connectivity index (χ0) is 12.4. The number of rotatable bonds is 3. The number of carbonyl (C=O) groups is 2. The highest BCUT2D eigenvalue weighted by atomic mass is 16.4. The third kappa shape index (κ3) is 2.12. The van der Waals surface area contributed by atoms with Crippen molar-refractivity contribution in [1.29, 1.82) is 0 Å². The van der Waals surface area contributed by atoms with Gasteiger partial charge in [-0.25, -0.2) is 14.3 Å². The van der Waals surface area contributed by atoms with E-state index in [0.717, 1.165) is 0 Å². The fraction of sp³-hybridized carbons (Fsp3) is 0. The van der Waals surface area contributed by atoms with Gasteiger partial charge in [0.2, 0.25) is 0 Å². The average Bonchev–Trinajstić information content (AvgIpc) is 2.78. The van der Waals surface area contributed by atoms with Crippen LogP contribution in [-0.2, 0) is 0 Å². The smallest absolute Gasteiger partial charge is 0.358 e. The fourth-order valence-electron chi connectivity index (χ4n) is 1.27. The molecule has 0 bridgehead atoms. The van der Waals surface area contributed by atoms with Gasteiger partial charge in [-0.3, -0.25) is 0 Å². The second kappa shape index (κ2) is 4.05. The largest absolute Gasteiger partial charge is 0.478 e. The second-order valence-electron chi connectivity index (χ2n) is 3.21. The number of carboxylic acid groups (broad SMARTS) is 2. The van der Waals surface area contributed by atoms with Crippen molar-refractivity contribution >= 4 is 11.9 Å². The quantitative estimate of drug-likeness (QED) is 0.806. The van der Waals surface area contributed by atoms with Crippen LogP contribution in [0.4, 0.5) is 0 Å². The monoisotopic (exact) mass is 233 g/mol. The SMILES string of the molecule is O=C(O)c1cccc(-n2cc(C(=O)O)nn2)c1. The number of nitrogens with zero attached hydrogens (tertiary/aromatic N) is 3. The topological polar surface area (TPSA) is 105 Å². The van der Waals surface area contributed by atoms with E-state index in [4.69, 9.17) is 10.2 Å². The predicted octanol–water partition coefficient (Wildman–Crippen LogP) is 0.664. The summed E-state index contributed by atoms with van der Waals surface area (Å²) in [7, 11) is 0. The van der Waals surface area contributed by atoms with E-state index < -0.39 is 11.9 Å². The summed E-state index contributed by atoms with van der Waals surface area (Å²) in [5.74, 6) is -2.25. The average molecular weight is 233 g/mol. The highest BCUT2D eigenvalue weighted by Gasteiger charge is 2.10. The van der Waals surface area contributed by atoms with Crippen LogP contribution in [0.2, 0.25) is 0 Å². The van der Waals surface area contributed by atoms with Crippen LogP contribution in [0.1, 0.15) is 20.8 Å². The highest BCUT2D eigenvalue weighted by Crippen LogP contribution is 2.10. The van der Waals surface area contributed by atoms with Crippen molar-refractivity contribution in [3.63, 3.8) is 0 Å². The molecule has 1 aromatic heterocycles. The Morgan fingerprint density at radius 3 is 2.53 bits per heavy atom. The van der Waals surface area contributed by atoms with E-state index in [1.807, 2.05) is 0 Å². The van der Waals surface area contributed by atoms with Crippen LogP contribution in [0.5, 0.6) is 0 Å². The molecule has 0 unspecified atom stereocenters. The van der Waals surface area contributed by atoms with Crippen molar-refractivity contribution in [2.75, 3.05) is 0 Å². The minimum Gasteiger partial charge on any atom is -0.478 e. The summed E-state index contributed by atoms with van der Waals surface area (Å²) < 4.78 is 1.20. The first-order valence-corrected chi connectivity index (χ1v) is 4.57. The molecule has 1 heterocycles.